The SMILES string of the molecule is Cc1ccc2c(c1)oc(=O)c1c3cc(F)ccc3oc21. The van der Waals surface area contributed by atoms with Crippen LogP contribution in [0, 0.1) is 12.7 Å². The largest absolute Gasteiger partial charge is 0.455 e. The van der Waals surface area contributed by atoms with E-state index in [1.807, 2.05) is 19.1 Å². The molecule has 0 saturated heterocycles. The van der Waals surface area contributed by atoms with E-state index in [-0.39, 0.29) is 5.39 Å². The Morgan fingerprint density at radius 1 is 0.950 bits per heavy atom. The Kier molecular flexibility index (Phi) is 2.07. The van der Waals surface area contributed by atoms with Gasteiger partial charge in [-0.05, 0) is 42.8 Å². The molecule has 20 heavy (non-hydrogen) atoms. The monoisotopic (exact) mass is 268 g/mol. The summed E-state index contributed by atoms with van der Waals surface area (Å²) in [5.74, 6) is -0.413. The van der Waals surface area contributed by atoms with Gasteiger partial charge in [0.2, 0.25) is 0 Å². The summed E-state index contributed by atoms with van der Waals surface area (Å²) in [7, 11) is 0. The van der Waals surface area contributed by atoms with Crippen molar-refractivity contribution in [2.75, 3.05) is 0 Å². The lowest BCUT2D eigenvalue weighted by molar-refractivity contribution is 0.566. The number of halogens is 1. The van der Waals surface area contributed by atoms with E-state index in [9.17, 15) is 9.18 Å². The van der Waals surface area contributed by atoms with E-state index in [4.69, 9.17) is 8.83 Å². The van der Waals surface area contributed by atoms with Crippen LogP contribution in [0.25, 0.3) is 32.9 Å². The van der Waals surface area contributed by atoms with Crippen molar-refractivity contribution < 1.29 is 13.2 Å². The fourth-order valence-electron chi connectivity index (χ4n) is 2.51. The minimum Gasteiger partial charge on any atom is -0.455 e. The van der Waals surface area contributed by atoms with Gasteiger partial charge in [-0.1, -0.05) is 6.07 Å². The Bertz CT molecular complexity index is 1040. The molecular formula is C16H9FO3. The van der Waals surface area contributed by atoms with Gasteiger partial charge in [-0.15, -0.1) is 0 Å². The molecule has 98 valence electrons. The van der Waals surface area contributed by atoms with Crippen molar-refractivity contribution in [1.82, 2.24) is 0 Å². The van der Waals surface area contributed by atoms with Crippen molar-refractivity contribution in [3.8, 4) is 0 Å². The molecule has 4 rings (SSSR count). The van der Waals surface area contributed by atoms with E-state index in [1.165, 1.54) is 18.2 Å². The molecular weight excluding hydrogens is 259 g/mol. The van der Waals surface area contributed by atoms with Crippen molar-refractivity contribution in [2.24, 2.45) is 0 Å². The highest BCUT2D eigenvalue weighted by atomic mass is 19.1. The fourth-order valence-corrected chi connectivity index (χ4v) is 2.51. The zero-order valence-electron chi connectivity index (χ0n) is 10.6. The summed E-state index contributed by atoms with van der Waals surface area (Å²) in [5, 5.41) is 1.44. The molecule has 2 aromatic heterocycles. The zero-order chi connectivity index (χ0) is 13.9. The van der Waals surface area contributed by atoms with E-state index in [2.05, 4.69) is 0 Å². The summed E-state index contributed by atoms with van der Waals surface area (Å²) < 4.78 is 24.4. The maximum Gasteiger partial charge on any atom is 0.348 e. The number of aryl methyl sites for hydroxylation is 1. The van der Waals surface area contributed by atoms with Crippen molar-refractivity contribution in [1.29, 1.82) is 0 Å². The molecule has 0 bridgehead atoms. The van der Waals surface area contributed by atoms with Gasteiger partial charge in [0, 0.05) is 5.39 Å². The Morgan fingerprint density at radius 2 is 1.80 bits per heavy atom. The fraction of sp³-hybridized carbons (Fsp3) is 0.0625. The van der Waals surface area contributed by atoms with Crippen molar-refractivity contribution in [2.45, 2.75) is 6.92 Å². The second-order valence-electron chi connectivity index (χ2n) is 4.84. The predicted octanol–water partition coefficient (Wildman–Crippen LogP) is 4.14. The Morgan fingerprint density at radius 3 is 2.65 bits per heavy atom. The van der Waals surface area contributed by atoms with Gasteiger partial charge in [0.25, 0.3) is 0 Å². The lowest BCUT2D eigenvalue weighted by Gasteiger charge is -1.98. The van der Waals surface area contributed by atoms with Crippen LogP contribution in [0.1, 0.15) is 5.56 Å². The van der Waals surface area contributed by atoms with E-state index < -0.39 is 11.4 Å². The lowest BCUT2D eigenvalue weighted by atomic mass is 10.1. The van der Waals surface area contributed by atoms with Crippen LogP contribution in [0.4, 0.5) is 4.39 Å². The molecule has 0 fully saturated rings. The molecule has 0 aliphatic rings. The molecule has 0 spiro atoms. The second-order valence-corrected chi connectivity index (χ2v) is 4.84. The first-order valence-corrected chi connectivity index (χ1v) is 6.19. The average Bonchev–Trinajstić information content (AvgIpc) is 2.77. The van der Waals surface area contributed by atoms with E-state index in [0.29, 0.717) is 27.5 Å². The highest BCUT2D eigenvalue weighted by molar-refractivity contribution is 6.12. The Hall–Kier alpha value is -2.62. The normalized spacial score (nSPS) is 11.7. The molecule has 4 aromatic rings. The predicted molar refractivity (Wildman–Crippen MR) is 74.5 cm³/mol. The minimum absolute atomic E-state index is 0.288. The second kappa shape index (κ2) is 3.70. The van der Waals surface area contributed by atoms with Crippen LogP contribution in [0.2, 0.25) is 0 Å². The Labute approximate surface area is 112 Å². The van der Waals surface area contributed by atoms with Gasteiger partial charge in [0.1, 0.15) is 22.4 Å². The topological polar surface area (TPSA) is 43.4 Å². The third-order valence-corrected chi connectivity index (χ3v) is 3.44. The van der Waals surface area contributed by atoms with Crippen LogP contribution in [0.3, 0.4) is 0 Å². The number of fused-ring (bicyclic) bond motifs is 5. The minimum atomic E-state index is -0.512. The Balaban J connectivity index is 2.33. The third kappa shape index (κ3) is 1.42. The molecule has 4 heteroatoms. The van der Waals surface area contributed by atoms with Crippen LogP contribution in [-0.4, -0.2) is 0 Å². The first-order chi connectivity index (χ1) is 9.63. The molecule has 2 heterocycles. The summed E-state index contributed by atoms with van der Waals surface area (Å²) in [5.41, 5.74) is 1.87. The van der Waals surface area contributed by atoms with E-state index >= 15 is 0 Å². The summed E-state index contributed by atoms with van der Waals surface area (Å²) in [6, 6.07) is 9.65. The van der Waals surface area contributed by atoms with E-state index in [1.54, 1.807) is 6.07 Å². The van der Waals surface area contributed by atoms with Crippen LogP contribution in [0.5, 0.6) is 0 Å². The number of hydrogen-bond acceptors (Lipinski definition) is 3. The standard InChI is InChI=1S/C16H9FO3/c1-8-2-4-10-13(6-8)20-16(18)14-11-7-9(17)3-5-12(11)19-15(10)14/h2-7H,1H3. The molecule has 0 aliphatic carbocycles. The molecule has 0 unspecified atom stereocenters. The van der Waals surface area contributed by atoms with Crippen molar-refractivity contribution in [3.63, 3.8) is 0 Å². The highest BCUT2D eigenvalue weighted by Crippen LogP contribution is 2.32. The molecule has 0 N–H and O–H groups in total. The molecule has 3 nitrogen and oxygen atoms in total. The van der Waals surface area contributed by atoms with Gasteiger partial charge in [0.15, 0.2) is 5.58 Å². The highest BCUT2D eigenvalue weighted by Gasteiger charge is 2.16. The number of hydrogen-bond donors (Lipinski definition) is 0. The van der Waals surface area contributed by atoms with E-state index in [0.717, 1.165) is 5.56 Å². The molecule has 0 amide bonds. The number of furan rings is 1. The van der Waals surface area contributed by atoms with Crippen LogP contribution >= 0.6 is 0 Å². The third-order valence-electron chi connectivity index (χ3n) is 3.44. The number of benzene rings is 2. The van der Waals surface area contributed by atoms with Crippen LogP contribution in [-0.2, 0) is 0 Å². The van der Waals surface area contributed by atoms with Crippen molar-refractivity contribution >= 4 is 32.9 Å². The zero-order valence-corrected chi connectivity index (χ0v) is 10.6. The number of rotatable bonds is 0. The summed E-state index contributed by atoms with van der Waals surface area (Å²) in [6.07, 6.45) is 0. The first-order valence-electron chi connectivity index (χ1n) is 6.19. The summed E-state index contributed by atoms with van der Waals surface area (Å²) in [6.45, 7) is 1.91. The maximum absolute atomic E-state index is 13.4. The quantitative estimate of drug-likeness (QED) is 0.450. The summed E-state index contributed by atoms with van der Waals surface area (Å²) in [4.78, 5) is 12.1. The summed E-state index contributed by atoms with van der Waals surface area (Å²) >= 11 is 0. The van der Waals surface area contributed by atoms with Gasteiger partial charge in [-0.3, -0.25) is 0 Å². The maximum atomic E-state index is 13.4. The first kappa shape index (κ1) is 11.2. The molecule has 0 saturated carbocycles. The molecule has 0 atom stereocenters. The van der Waals surface area contributed by atoms with Crippen LogP contribution in [0.15, 0.2) is 50.0 Å². The molecule has 0 radical (unpaired) electrons. The molecule has 2 aromatic carbocycles. The van der Waals surface area contributed by atoms with Gasteiger partial charge in [-0.2, -0.15) is 0 Å². The lowest BCUT2D eigenvalue weighted by Crippen LogP contribution is -1.98. The molecule has 0 aliphatic heterocycles. The average molecular weight is 268 g/mol. The van der Waals surface area contributed by atoms with Gasteiger partial charge in [0.05, 0.1) is 5.39 Å². The van der Waals surface area contributed by atoms with Crippen LogP contribution < -0.4 is 5.63 Å². The van der Waals surface area contributed by atoms with Gasteiger partial charge >= 0.3 is 5.63 Å². The van der Waals surface area contributed by atoms with Crippen molar-refractivity contribution in [3.05, 3.63) is 58.2 Å². The smallest absolute Gasteiger partial charge is 0.348 e. The van der Waals surface area contributed by atoms with Gasteiger partial charge < -0.3 is 8.83 Å². The van der Waals surface area contributed by atoms with Gasteiger partial charge in [-0.25, -0.2) is 9.18 Å².